The molecule has 2 aliphatic carbocycles. The summed E-state index contributed by atoms with van der Waals surface area (Å²) in [7, 11) is 0. The molecule has 8 aromatic carbocycles. The van der Waals surface area contributed by atoms with Gasteiger partial charge in [0.15, 0.2) is 0 Å². The van der Waals surface area contributed by atoms with Crippen LogP contribution in [0.2, 0.25) is 0 Å². The third-order valence-electron chi connectivity index (χ3n) is 11.7. The zero-order valence-corrected chi connectivity index (χ0v) is 28.1. The Kier molecular flexibility index (Phi) is 5.46. The highest BCUT2D eigenvalue weighted by molar-refractivity contribution is 6.26. The van der Waals surface area contributed by atoms with Gasteiger partial charge in [0.25, 0.3) is 0 Å². The fourth-order valence-corrected chi connectivity index (χ4v) is 9.66. The Morgan fingerprint density at radius 2 is 1.00 bits per heavy atom. The van der Waals surface area contributed by atoms with Crippen molar-refractivity contribution in [2.45, 2.75) is 5.41 Å². The van der Waals surface area contributed by atoms with E-state index < -0.39 is 5.41 Å². The number of aromatic nitrogens is 1. The molecule has 0 N–H and O–H groups in total. The highest BCUT2D eigenvalue weighted by atomic mass is 16.3. The Balaban J connectivity index is 1.23. The first kappa shape index (κ1) is 28.0. The molecule has 0 aliphatic heterocycles. The molecule has 0 unspecified atom stereocenters. The molecule has 2 aliphatic rings. The topological polar surface area (TPSA) is 26.0 Å². The van der Waals surface area contributed by atoms with Crippen LogP contribution < -0.4 is 0 Å². The second-order valence-corrected chi connectivity index (χ2v) is 14.1. The van der Waals surface area contributed by atoms with Gasteiger partial charge in [-0.1, -0.05) is 152 Å². The Morgan fingerprint density at radius 1 is 0.404 bits per heavy atom. The molecule has 0 radical (unpaired) electrons. The fraction of sp³-hybridized carbons (Fsp3) is 0.0200. The minimum absolute atomic E-state index is 0.416. The Bertz CT molecular complexity index is 3090. The molecule has 12 rings (SSSR count). The van der Waals surface area contributed by atoms with Crippen LogP contribution >= 0.6 is 0 Å². The molecule has 2 nitrogen and oxygen atoms in total. The molecular formula is C50H29NO. The summed E-state index contributed by atoms with van der Waals surface area (Å²) >= 11 is 0. The summed E-state index contributed by atoms with van der Waals surface area (Å²) in [5, 5.41) is 5.65. The lowest BCUT2D eigenvalue weighted by Crippen LogP contribution is -2.25. The van der Waals surface area contributed by atoms with Crippen molar-refractivity contribution in [2.75, 3.05) is 0 Å². The highest BCUT2D eigenvalue weighted by Gasteiger charge is 2.52. The van der Waals surface area contributed by atoms with E-state index in [9.17, 15) is 0 Å². The van der Waals surface area contributed by atoms with Gasteiger partial charge in [0.1, 0.15) is 11.2 Å². The standard InChI is InChI=1S/C50H29NO/c1-2-13-30(14-3-1)38-29-43(51-49-35(38)26-28-45-48(49)47-32-16-5-4-15-31(32)25-27-44(47)52-45)37-20-12-24-42-46(37)36-19-8-11-23-41(36)50(42)39-21-9-6-17-33(39)34-18-7-10-22-40(34)50/h1-29H. The van der Waals surface area contributed by atoms with E-state index in [4.69, 9.17) is 9.40 Å². The summed E-state index contributed by atoms with van der Waals surface area (Å²) in [4.78, 5) is 5.68. The van der Waals surface area contributed by atoms with Crippen LogP contribution in [0.3, 0.4) is 0 Å². The predicted molar refractivity (Wildman–Crippen MR) is 214 cm³/mol. The number of benzene rings is 8. The van der Waals surface area contributed by atoms with Crippen molar-refractivity contribution in [1.29, 1.82) is 0 Å². The molecule has 0 bridgehead atoms. The maximum absolute atomic E-state index is 6.57. The first-order valence-electron chi connectivity index (χ1n) is 18.0. The number of nitrogens with zero attached hydrogens (tertiary/aromatic N) is 1. The van der Waals surface area contributed by atoms with Crippen LogP contribution in [0.4, 0.5) is 0 Å². The van der Waals surface area contributed by atoms with Crippen molar-refractivity contribution in [2.24, 2.45) is 0 Å². The van der Waals surface area contributed by atoms with E-state index in [0.717, 1.165) is 55.2 Å². The summed E-state index contributed by atoms with van der Waals surface area (Å²) in [6.45, 7) is 0. The smallest absolute Gasteiger partial charge is 0.137 e. The summed E-state index contributed by atoms with van der Waals surface area (Å²) < 4.78 is 6.57. The maximum atomic E-state index is 6.57. The van der Waals surface area contributed by atoms with Gasteiger partial charge >= 0.3 is 0 Å². The molecule has 2 heterocycles. The quantitative estimate of drug-likeness (QED) is 0.185. The maximum Gasteiger partial charge on any atom is 0.137 e. The van der Waals surface area contributed by atoms with E-state index in [1.807, 2.05) is 0 Å². The lowest BCUT2D eigenvalue weighted by molar-refractivity contribution is 0.669. The molecule has 1 spiro atoms. The van der Waals surface area contributed by atoms with Gasteiger partial charge in [0.2, 0.25) is 0 Å². The Labute approximate surface area is 300 Å². The van der Waals surface area contributed by atoms with Gasteiger partial charge in [0, 0.05) is 16.3 Å². The zero-order chi connectivity index (χ0) is 34.0. The van der Waals surface area contributed by atoms with Gasteiger partial charge in [-0.05, 0) is 90.7 Å². The van der Waals surface area contributed by atoms with E-state index in [2.05, 4.69) is 176 Å². The largest absolute Gasteiger partial charge is 0.456 e. The number of furan rings is 1. The van der Waals surface area contributed by atoms with Gasteiger partial charge in [-0.2, -0.15) is 0 Å². The average Bonchev–Trinajstić information content (AvgIpc) is 3.85. The SMILES string of the molecule is c1ccc(-c2cc(-c3cccc4c3-c3ccccc3C43c4ccccc4-c4ccccc43)nc3c2ccc2oc4ccc5ccccc5c4c23)cc1. The molecule has 2 aromatic heterocycles. The Hall–Kier alpha value is -6.77. The summed E-state index contributed by atoms with van der Waals surface area (Å²) in [6, 6.07) is 64.0. The molecule has 2 heteroatoms. The number of hydrogen-bond donors (Lipinski definition) is 0. The van der Waals surface area contributed by atoms with E-state index in [0.29, 0.717) is 0 Å². The molecule has 240 valence electrons. The average molecular weight is 660 g/mol. The number of fused-ring (bicyclic) bond motifs is 17. The van der Waals surface area contributed by atoms with Gasteiger partial charge in [0.05, 0.1) is 22.0 Å². The highest BCUT2D eigenvalue weighted by Crippen LogP contribution is 2.64. The van der Waals surface area contributed by atoms with Crippen LogP contribution in [0.5, 0.6) is 0 Å². The van der Waals surface area contributed by atoms with E-state index in [1.54, 1.807) is 0 Å². The molecule has 0 saturated carbocycles. The molecule has 0 fully saturated rings. The molecular weight excluding hydrogens is 631 g/mol. The fourth-order valence-electron chi connectivity index (χ4n) is 9.66. The third-order valence-corrected chi connectivity index (χ3v) is 11.7. The molecule has 52 heavy (non-hydrogen) atoms. The first-order chi connectivity index (χ1) is 25.8. The first-order valence-corrected chi connectivity index (χ1v) is 18.0. The van der Waals surface area contributed by atoms with Crippen LogP contribution in [0.25, 0.3) is 88.3 Å². The lowest BCUT2D eigenvalue weighted by Gasteiger charge is -2.30. The molecule has 10 aromatic rings. The van der Waals surface area contributed by atoms with Crippen molar-refractivity contribution in [3.8, 4) is 44.6 Å². The minimum atomic E-state index is -0.416. The lowest BCUT2D eigenvalue weighted by atomic mass is 9.70. The summed E-state index contributed by atoms with van der Waals surface area (Å²) in [6.07, 6.45) is 0. The van der Waals surface area contributed by atoms with Gasteiger partial charge in [-0.25, -0.2) is 4.98 Å². The van der Waals surface area contributed by atoms with Gasteiger partial charge in [-0.3, -0.25) is 0 Å². The summed E-state index contributed by atoms with van der Waals surface area (Å²) in [5.41, 5.74) is 17.1. The molecule has 0 saturated heterocycles. The third kappa shape index (κ3) is 3.46. The van der Waals surface area contributed by atoms with Crippen LogP contribution in [0, 0.1) is 0 Å². The van der Waals surface area contributed by atoms with E-state index in [1.165, 1.54) is 55.3 Å². The second-order valence-electron chi connectivity index (χ2n) is 14.1. The van der Waals surface area contributed by atoms with Crippen LogP contribution in [-0.2, 0) is 5.41 Å². The van der Waals surface area contributed by atoms with Crippen molar-refractivity contribution in [3.63, 3.8) is 0 Å². The van der Waals surface area contributed by atoms with Crippen molar-refractivity contribution in [3.05, 3.63) is 198 Å². The zero-order valence-electron chi connectivity index (χ0n) is 28.1. The number of pyridine rings is 1. The number of hydrogen-bond acceptors (Lipinski definition) is 2. The predicted octanol–water partition coefficient (Wildman–Crippen LogP) is 13.0. The normalized spacial score (nSPS) is 13.5. The van der Waals surface area contributed by atoms with Crippen molar-refractivity contribution in [1.82, 2.24) is 4.98 Å². The van der Waals surface area contributed by atoms with Gasteiger partial charge in [-0.15, -0.1) is 0 Å². The van der Waals surface area contributed by atoms with Crippen molar-refractivity contribution >= 4 is 43.6 Å². The van der Waals surface area contributed by atoms with Crippen LogP contribution in [0.1, 0.15) is 22.3 Å². The minimum Gasteiger partial charge on any atom is -0.456 e. The van der Waals surface area contributed by atoms with Crippen LogP contribution in [0.15, 0.2) is 180 Å². The Morgan fingerprint density at radius 3 is 1.79 bits per heavy atom. The number of rotatable bonds is 2. The van der Waals surface area contributed by atoms with Crippen molar-refractivity contribution < 1.29 is 4.42 Å². The van der Waals surface area contributed by atoms with Gasteiger partial charge < -0.3 is 4.42 Å². The van der Waals surface area contributed by atoms with E-state index >= 15 is 0 Å². The second kappa shape index (κ2) is 10.2. The molecule has 0 amide bonds. The van der Waals surface area contributed by atoms with Crippen LogP contribution in [-0.4, -0.2) is 4.98 Å². The van der Waals surface area contributed by atoms with E-state index in [-0.39, 0.29) is 0 Å². The molecule has 0 atom stereocenters. The monoisotopic (exact) mass is 659 g/mol. The summed E-state index contributed by atoms with van der Waals surface area (Å²) in [5.74, 6) is 0.